The van der Waals surface area contributed by atoms with E-state index >= 15 is 0 Å². The monoisotopic (exact) mass is 280 g/mol. The Kier molecular flexibility index (Phi) is 4.36. The zero-order chi connectivity index (χ0) is 14.7. The Bertz CT molecular complexity index is 494. The maximum absolute atomic E-state index is 12.4. The first kappa shape index (κ1) is 14.5. The minimum Gasteiger partial charge on any atom is -0.481 e. The summed E-state index contributed by atoms with van der Waals surface area (Å²) in [4.78, 5) is 28.8. The van der Waals surface area contributed by atoms with Gasteiger partial charge in [0.05, 0.1) is 0 Å². The molecule has 1 aromatic rings. The van der Waals surface area contributed by atoms with Crippen molar-refractivity contribution in [3.8, 4) is 0 Å². The lowest BCUT2D eigenvalue weighted by molar-refractivity contribution is -0.137. The van der Waals surface area contributed by atoms with Crippen molar-refractivity contribution in [3.63, 3.8) is 0 Å². The molecule has 0 atom stereocenters. The van der Waals surface area contributed by atoms with Crippen LogP contribution in [0, 0.1) is 0 Å². The first-order valence-corrected chi connectivity index (χ1v) is 6.94. The van der Waals surface area contributed by atoms with Gasteiger partial charge in [0.15, 0.2) is 0 Å². The summed E-state index contributed by atoms with van der Waals surface area (Å²) in [6.07, 6.45) is 2.67. The van der Waals surface area contributed by atoms with Crippen LogP contribution in [-0.4, -0.2) is 49.7 Å². The molecule has 7 nitrogen and oxygen atoms in total. The number of hydrogen-bond acceptors (Lipinski definition) is 4. The number of rotatable bonds is 7. The summed E-state index contributed by atoms with van der Waals surface area (Å²) >= 11 is 0. The highest BCUT2D eigenvalue weighted by molar-refractivity contribution is 5.90. The van der Waals surface area contributed by atoms with Crippen LogP contribution in [0.15, 0.2) is 0 Å². The van der Waals surface area contributed by atoms with Crippen LogP contribution in [0.3, 0.4) is 0 Å². The molecule has 1 aliphatic carbocycles. The Morgan fingerprint density at radius 2 is 2.15 bits per heavy atom. The van der Waals surface area contributed by atoms with Gasteiger partial charge in [0.25, 0.3) is 5.91 Å². The first-order chi connectivity index (χ1) is 9.49. The highest BCUT2D eigenvalue weighted by Crippen LogP contribution is 2.37. The maximum Gasteiger partial charge on any atom is 0.303 e. The summed E-state index contributed by atoms with van der Waals surface area (Å²) in [6.45, 7) is 4.19. The summed E-state index contributed by atoms with van der Waals surface area (Å²) in [5, 5.41) is 15.5. The van der Waals surface area contributed by atoms with Crippen molar-refractivity contribution in [3.05, 3.63) is 11.6 Å². The van der Waals surface area contributed by atoms with E-state index in [0.717, 1.165) is 18.7 Å². The zero-order valence-electron chi connectivity index (χ0n) is 11.8. The average molecular weight is 280 g/mol. The fourth-order valence-corrected chi connectivity index (χ4v) is 2.03. The number of carboxylic acids is 1. The van der Waals surface area contributed by atoms with Gasteiger partial charge >= 0.3 is 5.97 Å². The molecule has 1 heterocycles. The molecule has 0 aliphatic heterocycles. The normalized spacial score (nSPS) is 14.6. The van der Waals surface area contributed by atoms with E-state index in [1.807, 2.05) is 13.8 Å². The molecule has 110 valence electrons. The van der Waals surface area contributed by atoms with Crippen molar-refractivity contribution in [2.45, 2.75) is 51.5 Å². The van der Waals surface area contributed by atoms with Crippen molar-refractivity contribution >= 4 is 11.9 Å². The maximum atomic E-state index is 12.4. The minimum atomic E-state index is -0.852. The SMILES string of the molecule is CC(C)N(CCCC(=O)O)C(=O)c1n[nH]c(C2CC2)n1. The molecule has 1 fully saturated rings. The lowest BCUT2D eigenvalue weighted by Gasteiger charge is -2.25. The third-order valence-electron chi connectivity index (χ3n) is 3.33. The number of H-pyrrole nitrogens is 1. The van der Waals surface area contributed by atoms with Gasteiger partial charge in [-0.2, -0.15) is 0 Å². The number of carboxylic acid groups (broad SMARTS) is 1. The van der Waals surface area contributed by atoms with Crippen LogP contribution in [0.25, 0.3) is 0 Å². The standard InChI is InChI=1S/C13H20N4O3/c1-8(2)17(7-3-4-10(18)19)13(20)12-14-11(15-16-12)9-5-6-9/h8-9H,3-7H2,1-2H3,(H,18,19)(H,14,15,16). The largest absolute Gasteiger partial charge is 0.481 e. The van der Waals surface area contributed by atoms with Gasteiger partial charge in [-0.15, -0.1) is 5.10 Å². The minimum absolute atomic E-state index is 0.0147. The third-order valence-corrected chi connectivity index (χ3v) is 3.33. The highest BCUT2D eigenvalue weighted by atomic mass is 16.4. The van der Waals surface area contributed by atoms with Gasteiger partial charge in [0.1, 0.15) is 5.82 Å². The molecule has 0 aromatic carbocycles. The highest BCUT2D eigenvalue weighted by Gasteiger charge is 2.29. The number of aromatic nitrogens is 3. The number of carbonyl (C=O) groups excluding carboxylic acids is 1. The molecule has 0 saturated heterocycles. The van der Waals surface area contributed by atoms with E-state index in [2.05, 4.69) is 15.2 Å². The van der Waals surface area contributed by atoms with Gasteiger partial charge in [-0.3, -0.25) is 14.7 Å². The number of aliphatic carboxylic acids is 1. The Morgan fingerprint density at radius 3 is 2.70 bits per heavy atom. The quantitative estimate of drug-likeness (QED) is 0.786. The fourth-order valence-electron chi connectivity index (χ4n) is 2.03. The lowest BCUT2D eigenvalue weighted by atomic mass is 10.2. The van der Waals surface area contributed by atoms with Gasteiger partial charge in [-0.25, -0.2) is 4.98 Å². The van der Waals surface area contributed by atoms with Crippen LogP contribution in [0.4, 0.5) is 0 Å². The van der Waals surface area contributed by atoms with E-state index in [-0.39, 0.29) is 24.2 Å². The molecule has 1 saturated carbocycles. The van der Waals surface area contributed by atoms with Crippen molar-refractivity contribution in [2.75, 3.05) is 6.54 Å². The molecule has 2 N–H and O–H groups in total. The summed E-state index contributed by atoms with van der Waals surface area (Å²) in [6, 6.07) is -0.0147. The Labute approximate surface area is 117 Å². The summed E-state index contributed by atoms with van der Waals surface area (Å²) in [5.74, 6) is 0.283. The van der Waals surface area contributed by atoms with Gasteiger partial charge in [0, 0.05) is 24.9 Å². The summed E-state index contributed by atoms with van der Waals surface area (Å²) in [7, 11) is 0. The third kappa shape index (κ3) is 3.55. The molecule has 0 spiro atoms. The second-order valence-corrected chi connectivity index (χ2v) is 5.41. The number of nitrogens with one attached hydrogen (secondary N) is 1. The van der Waals surface area contributed by atoms with Crippen molar-refractivity contribution in [1.82, 2.24) is 20.1 Å². The van der Waals surface area contributed by atoms with E-state index in [1.165, 1.54) is 0 Å². The Morgan fingerprint density at radius 1 is 1.45 bits per heavy atom. The van der Waals surface area contributed by atoms with E-state index in [1.54, 1.807) is 4.90 Å². The molecule has 2 rings (SSSR count). The van der Waals surface area contributed by atoms with Gasteiger partial charge < -0.3 is 10.0 Å². The average Bonchev–Trinajstić information content (AvgIpc) is 3.11. The fraction of sp³-hybridized carbons (Fsp3) is 0.692. The van der Waals surface area contributed by atoms with Gasteiger partial charge in [-0.05, 0) is 33.1 Å². The second-order valence-electron chi connectivity index (χ2n) is 5.41. The van der Waals surface area contributed by atoms with E-state index in [0.29, 0.717) is 18.9 Å². The van der Waals surface area contributed by atoms with E-state index < -0.39 is 5.97 Å². The van der Waals surface area contributed by atoms with Gasteiger partial charge in [-0.1, -0.05) is 0 Å². The van der Waals surface area contributed by atoms with Crippen LogP contribution < -0.4 is 0 Å². The molecule has 0 unspecified atom stereocenters. The molecule has 0 radical (unpaired) electrons. The number of hydrogen-bond donors (Lipinski definition) is 2. The summed E-state index contributed by atoms with van der Waals surface area (Å²) < 4.78 is 0. The zero-order valence-corrected chi connectivity index (χ0v) is 11.8. The molecular weight excluding hydrogens is 260 g/mol. The number of nitrogens with zero attached hydrogens (tertiary/aromatic N) is 3. The Balaban J connectivity index is 1.99. The van der Waals surface area contributed by atoms with Crippen LogP contribution in [-0.2, 0) is 4.79 Å². The van der Waals surface area contributed by atoms with Crippen molar-refractivity contribution < 1.29 is 14.7 Å². The Hall–Kier alpha value is -1.92. The van der Waals surface area contributed by atoms with E-state index in [4.69, 9.17) is 5.11 Å². The van der Waals surface area contributed by atoms with Crippen LogP contribution >= 0.6 is 0 Å². The number of aromatic amines is 1. The van der Waals surface area contributed by atoms with Crippen LogP contribution in [0.5, 0.6) is 0 Å². The topological polar surface area (TPSA) is 99.2 Å². The van der Waals surface area contributed by atoms with Gasteiger partial charge in [0.2, 0.25) is 5.82 Å². The van der Waals surface area contributed by atoms with E-state index in [9.17, 15) is 9.59 Å². The smallest absolute Gasteiger partial charge is 0.303 e. The second kappa shape index (κ2) is 6.02. The molecule has 20 heavy (non-hydrogen) atoms. The van der Waals surface area contributed by atoms with Crippen LogP contribution in [0.1, 0.15) is 61.9 Å². The molecule has 7 heteroatoms. The molecule has 1 aromatic heterocycles. The molecule has 0 bridgehead atoms. The summed E-state index contributed by atoms with van der Waals surface area (Å²) in [5.41, 5.74) is 0. The van der Waals surface area contributed by atoms with Crippen LogP contribution in [0.2, 0.25) is 0 Å². The van der Waals surface area contributed by atoms with Crippen molar-refractivity contribution in [2.24, 2.45) is 0 Å². The first-order valence-electron chi connectivity index (χ1n) is 6.94. The predicted molar refractivity (Wildman–Crippen MR) is 71.4 cm³/mol. The molecule has 1 aliphatic rings. The molecular formula is C13H20N4O3. The number of carbonyl (C=O) groups is 2. The number of amides is 1. The predicted octanol–water partition coefficient (Wildman–Crippen LogP) is 1.40. The van der Waals surface area contributed by atoms with Crippen molar-refractivity contribution in [1.29, 1.82) is 0 Å². The lowest BCUT2D eigenvalue weighted by Crippen LogP contribution is -2.38. The molecule has 1 amide bonds.